The quantitative estimate of drug-likeness (QED) is 0.240. The molecule has 0 fully saturated rings. The van der Waals surface area contributed by atoms with Gasteiger partial charge in [0.25, 0.3) is 0 Å². The van der Waals surface area contributed by atoms with Gasteiger partial charge >= 0.3 is 5.97 Å². The highest BCUT2D eigenvalue weighted by Gasteiger charge is 2.25. The van der Waals surface area contributed by atoms with Crippen molar-refractivity contribution in [1.82, 2.24) is 0 Å². The van der Waals surface area contributed by atoms with Crippen LogP contribution in [0.25, 0.3) is 11.1 Å². The molecule has 0 radical (unpaired) electrons. The van der Waals surface area contributed by atoms with Crippen molar-refractivity contribution >= 4 is 5.97 Å². The molecule has 1 N–H and O–H groups in total. The minimum absolute atomic E-state index is 0.00272. The fraction of sp³-hybridized carbons (Fsp3) is 0.344. The van der Waals surface area contributed by atoms with Crippen LogP contribution >= 0.6 is 0 Å². The van der Waals surface area contributed by atoms with Crippen LogP contribution in [-0.2, 0) is 11.2 Å². The zero-order valence-electron chi connectivity index (χ0n) is 21.3. The van der Waals surface area contributed by atoms with Crippen LogP contribution in [0.15, 0.2) is 60.7 Å². The third-order valence-electron chi connectivity index (χ3n) is 6.63. The zero-order valence-corrected chi connectivity index (χ0v) is 21.3. The lowest BCUT2D eigenvalue weighted by Crippen LogP contribution is -2.06. The number of aliphatic carboxylic acids is 1. The van der Waals surface area contributed by atoms with E-state index in [1.165, 1.54) is 22.3 Å². The third kappa shape index (κ3) is 6.10. The first-order valence-electron chi connectivity index (χ1n) is 12.8. The molecule has 0 aromatic heterocycles. The number of benzene rings is 3. The number of carboxylic acid groups (broad SMARTS) is 1. The highest BCUT2D eigenvalue weighted by Crippen LogP contribution is 2.39. The normalized spacial score (nSPS) is 14.9. The van der Waals surface area contributed by atoms with Gasteiger partial charge in [0.15, 0.2) is 0 Å². The SMILES string of the molecule is CC#C[C@@H](CC(=O)O)c1ccc(OC2CCc3cc(-c4cc(C)ccc4OCCCC)ccc32)cc1. The molecule has 4 nitrogen and oxygen atoms in total. The maximum atomic E-state index is 11.2. The summed E-state index contributed by atoms with van der Waals surface area (Å²) < 4.78 is 12.5. The maximum Gasteiger partial charge on any atom is 0.304 e. The topological polar surface area (TPSA) is 55.8 Å². The Balaban J connectivity index is 1.50. The predicted molar refractivity (Wildman–Crippen MR) is 144 cm³/mol. The van der Waals surface area contributed by atoms with E-state index in [0.29, 0.717) is 0 Å². The Morgan fingerprint density at radius 1 is 1.11 bits per heavy atom. The molecule has 1 unspecified atom stereocenters. The van der Waals surface area contributed by atoms with E-state index in [9.17, 15) is 9.90 Å². The number of ether oxygens (including phenoxy) is 2. The molecule has 0 spiro atoms. The van der Waals surface area contributed by atoms with E-state index in [1.54, 1.807) is 6.92 Å². The minimum atomic E-state index is -0.852. The van der Waals surface area contributed by atoms with E-state index in [-0.39, 0.29) is 18.4 Å². The van der Waals surface area contributed by atoms with E-state index < -0.39 is 5.97 Å². The zero-order chi connectivity index (χ0) is 25.5. The van der Waals surface area contributed by atoms with Crippen molar-refractivity contribution in [3.63, 3.8) is 0 Å². The van der Waals surface area contributed by atoms with Gasteiger partial charge in [-0.3, -0.25) is 4.79 Å². The molecule has 4 heteroatoms. The van der Waals surface area contributed by atoms with Crippen molar-refractivity contribution in [2.45, 2.75) is 64.9 Å². The van der Waals surface area contributed by atoms with Gasteiger partial charge in [-0.2, -0.15) is 0 Å². The summed E-state index contributed by atoms with van der Waals surface area (Å²) in [5, 5.41) is 9.18. The van der Waals surface area contributed by atoms with E-state index in [4.69, 9.17) is 9.47 Å². The van der Waals surface area contributed by atoms with Gasteiger partial charge in [0.1, 0.15) is 17.6 Å². The minimum Gasteiger partial charge on any atom is -0.493 e. The molecule has 186 valence electrons. The van der Waals surface area contributed by atoms with Crippen molar-refractivity contribution in [2.75, 3.05) is 6.61 Å². The van der Waals surface area contributed by atoms with Crippen molar-refractivity contribution in [3.8, 4) is 34.5 Å². The number of carbonyl (C=O) groups is 1. The van der Waals surface area contributed by atoms with Gasteiger partial charge in [0.2, 0.25) is 0 Å². The lowest BCUT2D eigenvalue weighted by molar-refractivity contribution is -0.137. The smallest absolute Gasteiger partial charge is 0.304 e. The summed E-state index contributed by atoms with van der Waals surface area (Å²) in [6.45, 7) is 6.74. The highest BCUT2D eigenvalue weighted by molar-refractivity contribution is 5.72. The lowest BCUT2D eigenvalue weighted by Gasteiger charge is -2.17. The number of carboxylic acids is 1. The Morgan fingerprint density at radius 3 is 2.64 bits per heavy atom. The fourth-order valence-electron chi connectivity index (χ4n) is 4.73. The highest BCUT2D eigenvalue weighted by atomic mass is 16.5. The van der Waals surface area contributed by atoms with Crippen LogP contribution in [0.4, 0.5) is 0 Å². The first-order chi connectivity index (χ1) is 17.5. The standard InChI is InChI=1S/C32H34O4/c1-4-6-18-35-30-16-8-22(3)19-29(30)26-11-15-28-25(20-26)12-17-31(28)36-27-13-9-23(10-14-27)24(7-5-2)21-32(33)34/h8-11,13-16,19-20,24,31H,4,6,12,17-18,21H2,1-3H3,(H,33,34)/t24-,31?/m0/s1. The molecule has 0 bridgehead atoms. The van der Waals surface area contributed by atoms with E-state index in [1.807, 2.05) is 24.3 Å². The molecule has 0 saturated heterocycles. The summed E-state index contributed by atoms with van der Waals surface area (Å²) in [5.41, 5.74) is 6.97. The van der Waals surface area contributed by atoms with Crippen molar-refractivity contribution in [2.24, 2.45) is 0 Å². The van der Waals surface area contributed by atoms with Crippen LogP contribution in [0.3, 0.4) is 0 Å². The number of hydrogen-bond acceptors (Lipinski definition) is 3. The van der Waals surface area contributed by atoms with E-state index >= 15 is 0 Å². The van der Waals surface area contributed by atoms with Gasteiger partial charge in [-0.15, -0.1) is 5.92 Å². The predicted octanol–water partition coefficient (Wildman–Crippen LogP) is 7.49. The molecule has 0 aliphatic heterocycles. The van der Waals surface area contributed by atoms with Crippen molar-refractivity contribution in [3.05, 3.63) is 82.9 Å². The summed E-state index contributed by atoms with van der Waals surface area (Å²) in [5.74, 6) is 6.39. The Hall–Kier alpha value is -3.71. The van der Waals surface area contributed by atoms with Crippen LogP contribution in [0.2, 0.25) is 0 Å². The average Bonchev–Trinajstić information content (AvgIpc) is 3.27. The fourth-order valence-corrected chi connectivity index (χ4v) is 4.73. The molecule has 0 saturated carbocycles. The molecular formula is C32H34O4. The molecule has 0 amide bonds. The second-order valence-electron chi connectivity index (χ2n) is 9.37. The van der Waals surface area contributed by atoms with Crippen molar-refractivity contribution in [1.29, 1.82) is 0 Å². The first-order valence-corrected chi connectivity index (χ1v) is 12.8. The summed E-state index contributed by atoms with van der Waals surface area (Å²) in [7, 11) is 0. The average molecular weight is 483 g/mol. The molecule has 4 rings (SSSR count). The van der Waals surface area contributed by atoms with Gasteiger partial charge in [-0.25, -0.2) is 0 Å². The Bertz CT molecular complexity index is 1260. The van der Waals surface area contributed by atoms with Crippen LogP contribution < -0.4 is 9.47 Å². The summed E-state index contributed by atoms with van der Waals surface area (Å²) in [6, 6.07) is 20.7. The number of aryl methyl sites for hydroxylation is 2. The van der Waals surface area contributed by atoms with Gasteiger partial charge in [0, 0.05) is 5.56 Å². The summed E-state index contributed by atoms with van der Waals surface area (Å²) in [4.78, 5) is 11.2. The number of hydrogen-bond donors (Lipinski definition) is 1. The second-order valence-corrected chi connectivity index (χ2v) is 9.37. The first kappa shape index (κ1) is 25.4. The molecule has 0 heterocycles. The number of unbranched alkanes of at least 4 members (excludes halogenated alkanes) is 1. The number of fused-ring (bicyclic) bond motifs is 1. The largest absolute Gasteiger partial charge is 0.493 e. The molecule has 3 aromatic rings. The van der Waals surface area contributed by atoms with Gasteiger partial charge in [-0.1, -0.05) is 61.2 Å². The second kappa shape index (κ2) is 11.8. The maximum absolute atomic E-state index is 11.2. The van der Waals surface area contributed by atoms with Crippen LogP contribution in [0, 0.1) is 18.8 Å². The Kier molecular flexibility index (Phi) is 8.33. The van der Waals surface area contributed by atoms with Crippen LogP contribution in [0.1, 0.15) is 73.8 Å². The lowest BCUT2D eigenvalue weighted by atomic mass is 9.96. The Labute approximate surface area is 214 Å². The van der Waals surface area contributed by atoms with Gasteiger partial charge in [0.05, 0.1) is 18.9 Å². The summed E-state index contributed by atoms with van der Waals surface area (Å²) >= 11 is 0. The van der Waals surface area contributed by atoms with Crippen LogP contribution in [0.5, 0.6) is 11.5 Å². The summed E-state index contributed by atoms with van der Waals surface area (Å²) in [6.07, 6.45) is 4.05. The number of rotatable bonds is 10. The molecule has 1 aliphatic rings. The van der Waals surface area contributed by atoms with Gasteiger partial charge < -0.3 is 14.6 Å². The molecule has 2 atom stereocenters. The van der Waals surface area contributed by atoms with Gasteiger partial charge in [-0.05, 0) is 79.6 Å². The molecule has 1 aliphatic carbocycles. The molecule has 3 aromatic carbocycles. The van der Waals surface area contributed by atoms with E-state index in [0.717, 1.165) is 54.9 Å². The third-order valence-corrected chi connectivity index (χ3v) is 6.63. The molecular weight excluding hydrogens is 448 g/mol. The monoisotopic (exact) mass is 482 g/mol. The Morgan fingerprint density at radius 2 is 1.92 bits per heavy atom. The van der Waals surface area contributed by atoms with Crippen LogP contribution in [-0.4, -0.2) is 17.7 Å². The van der Waals surface area contributed by atoms with Crippen molar-refractivity contribution < 1.29 is 19.4 Å². The molecule has 36 heavy (non-hydrogen) atoms. The van der Waals surface area contributed by atoms with E-state index in [2.05, 4.69) is 62.1 Å².